The van der Waals surface area contributed by atoms with E-state index < -0.39 is 112 Å². The lowest BCUT2D eigenvalue weighted by molar-refractivity contribution is -0.160. The summed E-state index contributed by atoms with van der Waals surface area (Å²) in [5.41, 5.74) is 10.5. The van der Waals surface area contributed by atoms with Gasteiger partial charge in [0.1, 0.15) is 53.0 Å². The number of nitrogens with zero attached hydrogens (tertiary/aromatic N) is 3. The molecule has 3 aliphatic heterocycles. The van der Waals surface area contributed by atoms with Crippen molar-refractivity contribution in [3.05, 3.63) is 118 Å². The number of imide groups is 1. The van der Waals surface area contributed by atoms with Gasteiger partial charge >= 0.3 is 11.8 Å². The molecular weight excluding hydrogens is 1270 g/mol. The number of rotatable bonds is 21. The Labute approximate surface area is 566 Å². The number of para-hydroxylation sites is 1. The molecule has 524 valence electrons. The third-order valence-electron chi connectivity index (χ3n) is 18.0. The number of phenols is 1. The quantitative estimate of drug-likeness (QED) is 0.00540. The number of methoxy groups -OCH3 is 1. The lowest BCUT2D eigenvalue weighted by atomic mass is 9.78. The van der Waals surface area contributed by atoms with Crippen molar-refractivity contribution in [1.82, 2.24) is 20.5 Å². The number of carbonyl (C=O) groups is 8. The van der Waals surface area contributed by atoms with E-state index >= 15 is 4.79 Å². The highest BCUT2D eigenvalue weighted by Gasteiger charge is 2.50. The Hall–Kier alpha value is -9.99. The predicted molar refractivity (Wildman–Crippen MR) is 364 cm³/mol. The highest BCUT2D eigenvalue weighted by Crippen LogP contribution is 2.49. The van der Waals surface area contributed by atoms with Crippen LogP contribution < -0.4 is 47.6 Å². The van der Waals surface area contributed by atoms with Crippen molar-refractivity contribution in [2.75, 3.05) is 30.8 Å². The Kier molecular flexibility index (Phi) is 24.0. The average Bonchev–Trinajstić information content (AvgIpc) is 1.39. The number of aromatic nitrogens is 1. The molecule has 4 heterocycles. The van der Waals surface area contributed by atoms with Crippen LogP contribution in [-0.2, 0) is 54.4 Å². The summed E-state index contributed by atoms with van der Waals surface area (Å²) >= 11 is 0. The van der Waals surface area contributed by atoms with E-state index in [1.165, 1.54) is 65.4 Å². The molecule has 4 bridgehead atoms. The zero-order chi connectivity index (χ0) is 71.6. The summed E-state index contributed by atoms with van der Waals surface area (Å²) in [4.78, 5) is 132. The lowest BCUT2D eigenvalue weighted by Gasteiger charge is -2.38. The molecule has 0 aliphatic carbocycles. The predicted octanol–water partition coefficient (Wildman–Crippen LogP) is 6.68. The van der Waals surface area contributed by atoms with E-state index in [-0.39, 0.29) is 124 Å². The largest absolute Gasteiger partial charge is 0.505 e. The molecule has 0 saturated carbocycles. The number of benzene rings is 4. The average molecular weight is 1350 g/mol. The number of Topliss-reactive ketones (excluding diaryl/α,β-unsaturated/α-hetero) is 1. The van der Waals surface area contributed by atoms with Crippen LogP contribution in [0.25, 0.3) is 33.0 Å². The van der Waals surface area contributed by atoms with Crippen molar-refractivity contribution in [2.45, 2.75) is 157 Å². The van der Waals surface area contributed by atoms with Gasteiger partial charge in [0.25, 0.3) is 23.5 Å². The first-order valence-electron chi connectivity index (χ1n) is 32.6. The van der Waals surface area contributed by atoms with Gasteiger partial charge < -0.3 is 76.2 Å². The maximum absolute atomic E-state index is 15.1. The third-order valence-corrected chi connectivity index (χ3v) is 18.0. The number of ketones is 1. The Bertz CT molecular complexity index is 4100. The molecule has 1 aromatic heterocycles. The van der Waals surface area contributed by atoms with Crippen LogP contribution in [0.4, 0.5) is 11.4 Å². The minimum absolute atomic E-state index is 0.0803. The molecule has 0 radical (unpaired) electrons. The van der Waals surface area contributed by atoms with Gasteiger partial charge in [0, 0.05) is 98.5 Å². The molecular formula is C71H87N9O18. The monoisotopic (exact) mass is 1350 g/mol. The van der Waals surface area contributed by atoms with Gasteiger partial charge in [0.2, 0.25) is 17.7 Å². The zero-order valence-electron chi connectivity index (χ0n) is 56.8. The van der Waals surface area contributed by atoms with Crippen molar-refractivity contribution in [3.63, 3.8) is 0 Å². The fourth-order valence-electron chi connectivity index (χ4n) is 12.2. The normalized spacial score (nSPS) is 23.9. The maximum atomic E-state index is 15.1. The summed E-state index contributed by atoms with van der Waals surface area (Å²) in [5.74, 6) is -10.7. The van der Waals surface area contributed by atoms with Gasteiger partial charge in [0.15, 0.2) is 28.3 Å². The number of guanidine groups is 1. The van der Waals surface area contributed by atoms with Crippen LogP contribution in [0.1, 0.15) is 122 Å². The van der Waals surface area contributed by atoms with Crippen LogP contribution in [0, 0.1) is 36.5 Å². The number of nitrogens with one attached hydrogen (secondary N) is 4. The van der Waals surface area contributed by atoms with Crippen molar-refractivity contribution in [1.29, 1.82) is 0 Å². The van der Waals surface area contributed by atoms with Gasteiger partial charge in [-0.1, -0.05) is 84.4 Å². The van der Waals surface area contributed by atoms with Gasteiger partial charge in [-0.05, 0) is 81.4 Å². The first kappa shape index (κ1) is 73.8. The van der Waals surface area contributed by atoms with Crippen LogP contribution in [0.15, 0.2) is 105 Å². The minimum atomic E-state index is -2.17. The molecule has 11 atom stereocenters. The van der Waals surface area contributed by atoms with Crippen LogP contribution in [0.2, 0.25) is 0 Å². The number of aliphatic hydroxyl groups excluding tert-OH is 2. The van der Waals surface area contributed by atoms with E-state index in [0.29, 0.717) is 36.9 Å². The second kappa shape index (κ2) is 31.9. The number of amides is 6. The van der Waals surface area contributed by atoms with Gasteiger partial charge in [0.05, 0.1) is 35.5 Å². The van der Waals surface area contributed by atoms with Crippen molar-refractivity contribution < 1.29 is 81.8 Å². The zero-order valence-corrected chi connectivity index (χ0v) is 56.8. The summed E-state index contributed by atoms with van der Waals surface area (Å²) in [5, 5.41) is 46.1. The smallest absolute Gasteiger partial charge is 0.312 e. The Balaban J connectivity index is 1.08. The Morgan fingerprint density at radius 3 is 2.22 bits per heavy atom. The van der Waals surface area contributed by atoms with Crippen LogP contribution in [0.3, 0.4) is 0 Å². The first-order valence-corrected chi connectivity index (χ1v) is 32.6. The molecule has 98 heavy (non-hydrogen) atoms. The van der Waals surface area contributed by atoms with Crippen LogP contribution in [-0.4, -0.2) is 141 Å². The molecule has 3 aliphatic rings. The molecule has 0 fully saturated rings. The maximum Gasteiger partial charge on any atom is 0.312 e. The van der Waals surface area contributed by atoms with Crippen molar-refractivity contribution >= 4 is 97.5 Å². The highest BCUT2D eigenvalue weighted by molar-refractivity contribution is 6.26. The van der Waals surface area contributed by atoms with E-state index in [4.69, 9.17) is 44.6 Å². The number of phenolic OH excluding ortho intramolecular Hbond substituents is 1. The molecule has 27 heteroatoms. The molecule has 0 saturated heterocycles. The first-order chi connectivity index (χ1) is 46.5. The summed E-state index contributed by atoms with van der Waals surface area (Å²) in [7, 11) is 1.41. The van der Waals surface area contributed by atoms with Crippen LogP contribution in [0.5, 0.6) is 17.2 Å². The van der Waals surface area contributed by atoms with E-state index in [0.717, 1.165) is 4.90 Å². The van der Waals surface area contributed by atoms with Crippen molar-refractivity contribution in [3.8, 4) is 17.2 Å². The number of allylic oxidation sites excluding steroid dienone is 2. The van der Waals surface area contributed by atoms with Gasteiger partial charge in [-0.15, -0.1) is 0 Å². The number of aliphatic imine (C=N–C) groups is 1. The molecule has 6 amide bonds. The topological polar surface area (TPSA) is 402 Å². The lowest BCUT2D eigenvalue weighted by Crippen LogP contribution is -2.54. The van der Waals surface area contributed by atoms with Crippen LogP contribution >= 0.6 is 0 Å². The SMILES string of the molecule is CO[C@H]1/C=C/O[C@@]2(C)Oc3c(C)c(=O)c4c(O)c(c5oc6cccc(OCc7ccc(NC(=O)[C@H](CCCN=C(N)N)NC(=O)[C@@H](NC(=O)CCCCCN8C(=O)C=CC8=O)C(C)C)cc7)c6nc5c4c3C2=O)NC(=O)/C(C)=C\C=C\[C@H](C)[C@H](O)[C@@H](C)[C@@H](O)[C@@H](C)[C@H](OC(C)=O)[C@@H]1C. The number of unbranched alkanes of at least 4 members (excludes halogenated alkanes) is 2. The van der Waals surface area contributed by atoms with E-state index in [9.17, 15) is 53.7 Å². The molecule has 0 unspecified atom stereocenters. The number of ether oxygens (including phenoxy) is 5. The number of aromatic hydroxyl groups is 1. The van der Waals surface area contributed by atoms with E-state index in [1.54, 1.807) is 96.2 Å². The summed E-state index contributed by atoms with van der Waals surface area (Å²) in [6.45, 7) is 16.1. The molecule has 8 rings (SSSR count). The number of aliphatic hydroxyl groups is 2. The number of carbonyl (C=O) groups excluding carboxylic acids is 8. The fraction of sp³-hybridized carbons (Fsp3) is 0.451. The molecule has 11 N–H and O–H groups in total. The second-order valence-corrected chi connectivity index (χ2v) is 25.6. The standard InChI is InChI=1S/C71H87N9O18/c1-35(2)55(77-49(82)23-13-12-14-32-80-50(83)28-29-51(80)84)69(92)76-45(20-17-31-74-70(72)73)68(91)75-44-26-24-43(25-27-44)34-94-47-21-16-22-48-56(47)78-57-52-53-61(87)41(8)64-54(52)66(89)71(10,98-64)95-33-30-46(93-11)38(5)63(96-42(9)81)40(7)60(86)39(6)59(85)36(3)18-15-19-37(4)67(90)79-58(62(53)88)65(57)97-48/h15-16,18-19,21-22,24-30,33,35-36,38-40,45-46,55,59-60,63,85-86,88H,12-14,17,20,23,31-32,34H2,1-11H3,(H,75,91)(H,76,92)(H,77,82)(H,79,90)(H4,72,73,74)/b18-15+,33-30+,37-19-/t36-,38+,39+,40+,45-,46-,55-,59-,60+,63+,71-/m0/s1. The summed E-state index contributed by atoms with van der Waals surface area (Å²) in [6.07, 6.45) is 7.58. The number of fused-ring (bicyclic) bond motifs is 2. The Morgan fingerprint density at radius 2 is 1.56 bits per heavy atom. The van der Waals surface area contributed by atoms with Gasteiger partial charge in [-0.2, -0.15) is 0 Å². The van der Waals surface area contributed by atoms with E-state index in [2.05, 4.69) is 26.3 Å². The summed E-state index contributed by atoms with van der Waals surface area (Å²) in [6, 6.07) is 9.31. The number of hydrogen-bond acceptors (Lipinski definition) is 20. The van der Waals surface area contributed by atoms with Crippen molar-refractivity contribution in [2.24, 2.45) is 46.0 Å². The number of esters is 1. The third kappa shape index (κ3) is 16.7. The number of nitrogens with two attached hydrogens (primary N) is 2. The number of hydrogen-bond donors (Lipinski definition) is 9. The Morgan fingerprint density at radius 1 is 0.857 bits per heavy atom. The van der Waals surface area contributed by atoms with E-state index in [1.807, 2.05) is 0 Å². The minimum Gasteiger partial charge on any atom is -0.505 e. The van der Waals surface area contributed by atoms with Gasteiger partial charge in [-0.25, -0.2) is 4.98 Å². The second-order valence-electron chi connectivity index (χ2n) is 25.6. The molecule has 0 spiro atoms. The number of anilines is 2. The molecule has 5 aromatic rings. The highest BCUT2D eigenvalue weighted by atomic mass is 16.7. The molecule has 27 nitrogen and oxygen atoms in total. The molecule has 4 aromatic carbocycles. The van der Waals surface area contributed by atoms with Gasteiger partial charge in [-0.3, -0.25) is 53.0 Å². The summed E-state index contributed by atoms with van der Waals surface area (Å²) < 4.78 is 37.1. The fourth-order valence-corrected chi connectivity index (χ4v) is 12.2.